The summed E-state index contributed by atoms with van der Waals surface area (Å²) in [6.07, 6.45) is 2.06. The van der Waals surface area contributed by atoms with Crippen molar-refractivity contribution in [2.45, 2.75) is 31.2 Å². The molecule has 5 nitrogen and oxygen atoms in total. The largest absolute Gasteiger partial charge is 0.480 e. The van der Waals surface area contributed by atoms with E-state index in [0.717, 1.165) is 27.9 Å². The summed E-state index contributed by atoms with van der Waals surface area (Å²) in [4.78, 5) is 28.5. The molecule has 4 aromatic carbocycles. The van der Waals surface area contributed by atoms with Crippen molar-refractivity contribution >= 4 is 29.2 Å². The zero-order valence-electron chi connectivity index (χ0n) is 22.3. The van der Waals surface area contributed by atoms with E-state index in [4.69, 9.17) is 0 Å². The van der Waals surface area contributed by atoms with Gasteiger partial charge in [0.1, 0.15) is 6.04 Å². The SMILES string of the molecule is CSC(C[C@@H](C(=O)O)N(CNc1ccccc1)Cc1ccccc1)C(=O)c1ccccc1-c1ccccc1C. The van der Waals surface area contributed by atoms with Gasteiger partial charge in [-0.2, -0.15) is 11.8 Å². The lowest BCUT2D eigenvalue weighted by molar-refractivity contribution is -0.143. The van der Waals surface area contributed by atoms with E-state index >= 15 is 0 Å². The van der Waals surface area contributed by atoms with Gasteiger partial charge in [0.2, 0.25) is 0 Å². The summed E-state index contributed by atoms with van der Waals surface area (Å²) < 4.78 is 0. The number of rotatable bonds is 13. The number of hydrogen-bond acceptors (Lipinski definition) is 5. The second-order valence-electron chi connectivity index (χ2n) is 9.47. The van der Waals surface area contributed by atoms with Crippen LogP contribution < -0.4 is 5.32 Å². The standard InChI is InChI=1S/C33H34N2O3S/c1-24-13-9-10-18-27(24)28-19-11-12-20-29(28)32(36)31(39-2)21-30(33(37)38)35(22-25-14-5-3-6-15-25)23-34-26-16-7-4-8-17-26/h3-20,30-31,34H,21-23H2,1-2H3,(H,37,38)/t30-,31?/m0/s1. The highest BCUT2D eigenvalue weighted by Gasteiger charge is 2.32. The number of aryl methyl sites for hydroxylation is 1. The van der Waals surface area contributed by atoms with Crippen LogP contribution in [0.4, 0.5) is 5.69 Å². The zero-order valence-corrected chi connectivity index (χ0v) is 23.1. The highest BCUT2D eigenvalue weighted by atomic mass is 32.2. The Labute approximate surface area is 234 Å². The van der Waals surface area contributed by atoms with Crippen molar-refractivity contribution in [2.75, 3.05) is 18.2 Å². The summed E-state index contributed by atoms with van der Waals surface area (Å²) in [6.45, 7) is 2.79. The zero-order chi connectivity index (χ0) is 27.6. The summed E-state index contributed by atoms with van der Waals surface area (Å²) in [5.74, 6) is -0.997. The second kappa shape index (κ2) is 13.8. The van der Waals surface area contributed by atoms with Gasteiger partial charge in [0.15, 0.2) is 5.78 Å². The number of nitrogens with one attached hydrogen (secondary N) is 1. The van der Waals surface area contributed by atoms with Gasteiger partial charge in [0, 0.05) is 17.8 Å². The molecule has 0 aliphatic rings. The maximum absolute atomic E-state index is 14.0. The molecule has 0 radical (unpaired) electrons. The van der Waals surface area contributed by atoms with Crippen molar-refractivity contribution in [2.24, 2.45) is 0 Å². The summed E-state index contributed by atoms with van der Waals surface area (Å²) in [5.41, 5.74) is 5.50. The number of nitrogens with zero attached hydrogens (tertiary/aromatic N) is 1. The van der Waals surface area contributed by atoms with E-state index in [1.165, 1.54) is 11.8 Å². The number of carboxylic acids is 1. The van der Waals surface area contributed by atoms with Crippen LogP contribution in [0.3, 0.4) is 0 Å². The number of hydrogen-bond donors (Lipinski definition) is 2. The minimum atomic E-state index is -0.945. The second-order valence-corrected chi connectivity index (χ2v) is 10.5. The molecule has 0 saturated heterocycles. The third-order valence-corrected chi connectivity index (χ3v) is 7.83. The highest BCUT2D eigenvalue weighted by Crippen LogP contribution is 2.31. The number of ketones is 1. The number of carbonyl (C=O) groups excluding carboxylic acids is 1. The van der Waals surface area contributed by atoms with Crippen molar-refractivity contribution in [1.29, 1.82) is 0 Å². The number of para-hydroxylation sites is 1. The maximum atomic E-state index is 14.0. The number of carbonyl (C=O) groups is 2. The van der Waals surface area contributed by atoms with Gasteiger partial charge in [-0.25, -0.2) is 0 Å². The van der Waals surface area contributed by atoms with Crippen LogP contribution in [0.25, 0.3) is 11.1 Å². The third kappa shape index (κ3) is 7.37. The van der Waals surface area contributed by atoms with Gasteiger partial charge in [0.25, 0.3) is 0 Å². The average Bonchev–Trinajstić information content (AvgIpc) is 2.97. The number of thioether (sulfide) groups is 1. The first-order chi connectivity index (χ1) is 19.0. The fourth-order valence-electron chi connectivity index (χ4n) is 4.74. The predicted molar refractivity (Wildman–Crippen MR) is 161 cm³/mol. The normalized spacial score (nSPS) is 12.6. The lowest BCUT2D eigenvalue weighted by Gasteiger charge is -2.31. The molecule has 0 aliphatic carbocycles. The van der Waals surface area contributed by atoms with Gasteiger partial charge in [-0.3, -0.25) is 14.5 Å². The van der Waals surface area contributed by atoms with Crippen molar-refractivity contribution < 1.29 is 14.7 Å². The fraction of sp³-hybridized carbons (Fsp3) is 0.212. The van der Waals surface area contributed by atoms with Gasteiger partial charge in [0.05, 0.1) is 11.9 Å². The van der Waals surface area contributed by atoms with Crippen LogP contribution in [0.5, 0.6) is 0 Å². The van der Waals surface area contributed by atoms with Crippen LogP contribution in [0.1, 0.15) is 27.9 Å². The molecule has 0 bridgehead atoms. The Balaban J connectivity index is 1.62. The molecule has 0 saturated carbocycles. The molecular weight excluding hydrogens is 504 g/mol. The first-order valence-electron chi connectivity index (χ1n) is 13.0. The van der Waals surface area contributed by atoms with Crippen LogP contribution in [-0.4, -0.2) is 46.0 Å². The summed E-state index contributed by atoms with van der Waals surface area (Å²) in [7, 11) is 0. The molecule has 0 fully saturated rings. The summed E-state index contributed by atoms with van der Waals surface area (Å²) in [5, 5.41) is 13.2. The molecule has 0 amide bonds. The quantitative estimate of drug-likeness (QED) is 0.141. The molecule has 0 aromatic heterocycles. The fourth-order valence-corrected chi connectivity index (χ4v) is 5.46. The Hall–Kier alpha value is -3.87. The summed E-state index contributed by atoms with van der Waals surface area (Å²) >= 11 is 1.40. The number of Topliss-reactive ketones (excluding diaryl/α,β-unsaturated/α-hetero) is 1. The van der Waals surface area contributed by atoms with Crippen molar-refractivity contribution in [3.05, 3.63) is 126 Å². The Morgan fingerprint density at radius 2 is 1.41 bits per heavy atom. The third-order valence-electron chi connectivity index (χ3n) is 6.86. The van der Waals surface area contributed by atoms with E-state index in [1.807, 2.05) is 127 Å². The van der Waals surface area contributed by atoms with Crippen molar-refractivity contribution in [3.8, 4) is 11.1 Å². The molecule has 4 aromatic rings. The molecular formula is C33H34N2O3S. The van der Waals surface area contributed by atoms with Crippen LogP contribution in [0.15, 0.2) is 109 Å². The minimum absolute atomic E-state index is 0.0525. The van der Waals surface area contributed by atoms with Gasteiger partial charge in [-0.05, 0) is 54.0 Å². The lowest BCUT2D eigenvalue weighted by Crippen LogP contribution is -2.45. The minimum Gasteiger partial charge on any atom is -0.480 e. The van der Waals surface area contributed by atoms with E-state index in [-0.39, 0.29) is 12.2 Å². The van der Waals surface area contributed by atoms with E-state index in [0.29, 0.717) is 18.8 Å². The Bertz CT molecular complexity index is 1380. The predicted octanol–water partition coefficient (Wildman–Crippen LogP) is 6.99. The van der Waals surface area contributed by atoms with E-state index < -0.39 is 17.3 Å². The van der Waals surface area contributed by atoms with Crippen LogP contribution in [-0.2, 0) is 11.3 Å². The average molecular weight is 539 g/mol. The Morgan fingerprint density at radius 3 is 2.05 bits per heavy atom. The van der Waals surface area contributed by atoms with E-state index in [2.05, 4.69) is 5.32 Å². The van der Waals surface area contributed by atoms with Crippen LogP contribution >= 0.6 is 11.8 Å². The van der Waals surface area contributed by atoms with Gasteiger partial charge >= 0.3 is 5.97 Å². The monoisotopic (exact) mass is 538 g/mol. The molecule has 2 N–H and O–H groups in total. The molecule has 0 spiro atoms. The molecule has 4 rings (SSSR count). The molecule has 1 unspecified atom stereocenters. The first-order valence-corrected chi connectivity index (χ1v) is 14.3. The number of anilines is 1. The topological polar surface area (TPSA) is 69.6 Å². The number of carboxylic acid groups (broad SMARTS) is 1. The maximum Gasteiger partial charge on any atom is 0.321 e. The summed E-state index contributed by atoms with van der Waals surface area (Å²) in [6, 6.07) is 34.3. The number of benzene rings is 4. The van der Waals surface area contributed by atoms with E-state index in [1.54, 1.807) is 0 Å². The molecule has 0 aliphatic heterocycles. The Morgan fingerprint density at radius 1 is 0.821 bits per heavy atom. The molecule has 6 heteroatoms. The van der Waals surface area contributed by atoms with Gasteiger partial charge in [-0.1, -0.05) is 97.1 Å². The Kier molecular flexibility index (Phi) is 9.95. The lowest BCUT2D eigenvalue weighted by atomic mass is 9.92. The van der Waals surface area contributed by atoms with E-state index in [9.17, 15) is 14.7 Å². The molecule has 39 heavy (non-hydrogen) atoms. The van der Waals surface area contributed by atoms with Crippen molar-refractivity contribution in [3.63, 3.8) is 0 Å². The van der Waals surface area contributed by atoms with Crippen LogP contribution in [0, 0.1) is 6.92 Å². The molecule has 2 atom stereocenters. The van der Waals surface area contributed by atoms with Gasteiger partial charge < -0.3 is 10.4 Å². The first kappa shape index (κ1) is 28.1. The van der Waals surface area contributed by atoms with Crippen molar-refractivity contribution in [1.82, 2.24) is 4.90 Å². The van der Waals surface area contributed by atoms with Gasteiger partial charge in [-0.15, -0.1) is 0 Å². The smallest absolute Gasteiger partial charge is 0.321 e. The highest BCUT2D eigenvalue weighted by molar-refractivity contribution is 8.00. The number of aliphatic carboxylic acids is 1. The van der Waals surface area contributed by atoms with Crippen LogP contribution in [0.2, 0.25) is 0 Å². The molecule has 0 heterocycles. The molecule has 200 valence electrons.